The van der Waals surface area contributed by atoms with E-state index >= 15 is 0 Å². The second kappa shape index (κ2) is 10.9. The molecule has 0 saturated heterocycles. The van der Waals surface area contributed by atoms with Gasteiger partial charge in [-0.15, -0.1) is 0 Å². The highest BCUT2D eigenvalue weighted by Gasteiger charge is 2.36. The Kier molecular flexibility index (Phi) is 7.66. The number of hydrogen-bond donors (Lipinski definition) is 2. The lowest BCUT2D eigenvalue weighted by atomic mass is 9.75. The van der Waals surface area contributed by atoms with Crippen LogP contribution in [0, 0.1) is 11.2 Å². The Morgan fingerprint density at radius 2 is 1.95 bits per heavy atom. The topological polar surface area (TPSA) is 115 Å². The van der Waals surface area contributed by atoms with Crippen molar-refractivity contribution in [1.29, 1.82) is 0 Å². The summed E-state index contributed by atoms with van der Waals surface area (Å²) in [5.41, 5.74) is 1.78. The van der Waals surface area contributed by atoms with Crippen molar-refractivity contribution in [3.63, 3.8) is 0 Å². The monoisotopic (exact) mass is 507 g/mol. The van der Waals surface area contributed by atoms with E-state index in [4.69, 9.17) is 4.74 Å². The van der Waals surface area contributed by atoms with Crippen LogP contribution in [-0.2, 0) is 16.1 Å². The summed E-state index contributed by atoms with van der Waals surface area (Å²) in [7, 11) is 0. The van der Waals surface area contributed by atoms with Crippen LogP contribution in [0.4, 0.5) is 4.39 Å². The van der Waals surface area contributed by atoms with Crippen LogP contribution < -0.4 is 10.6 Å². The number of allylic oxidation sites excluding steroid dienone is 1. The lowest BCUT2D eigenvalue weighted by Gasteiger charge is -2.32. The number of rotatable bonds is 8. The molecule has 2 amide bonds. The zero-order valence-electron chi connectivity index (χ0n) is 21.1. The number of esters is 1. The molecule has 194 valence electrons. The molecule has 2 atom stereocenters. The van der Waals surface area contributed by atoms with Gasteiger partial charge in [-0.3, -0.25) is 14.4 Å². The molecule has 0 radical (unpaired) electrons. The van der Waals surface area contributed by atoms with Crippen LogP contribution in [0.3, 0.4) is 0 Å². The molecule has 2 heterocycles. The number of nitrogens with zero attached hydrogens (tertiary/aromatic N) is 3. The predicted octanol–water partition coefficient (Wildman–Crippen LogP) is 3.60. The number of benzene rings is 1. The van der Waals surface area contributed by atoms with E-state index in [9.17, 15) is 18.8 Å². The first-order valence-corrected chi connectivity index (χ1v) is 12.2. The number of nitrogens with one attached hydrogen (secondary N) is 2. The lowest BCUT2D eigenvalue weighted by molar-refractivity contribution is -0.154. The van der Waals surface area contributed by atoms with E-state index in [1.807, 2.05) is 19.9 Å². The maximum absolute atomic E-state index is 13.2. The minimum atomic E-state index is -0.564. The zero-order valence-corrected chi connectivity index (χ0v) is 21.1. The zero-order chi connectivity index (χ0) is 26.6. The summed E-state index contributed by atoms with van der Waals surface area (Å²) in [6, 6.07) is 8.53. The maximum atomic E-state index is 13.2. The molecule has 0 fully saturated rings. The van der Waals surface area contributed by atoms with Gasteiger partial charge < -0.3 is 15.4 Å². The van der Waals surface area contributed by atoms with Gasteiger partial charge in [-0.2, -0.15) is 5.10 Å². The summed E-state index contributed by atoms with van der Waals surface area (Å²) in [5, 5.41) is 9.90. The highest BCUT2D eigenvalue weighted by Crippen LogP contribution is 2.37. The Morgan fingerprint density at radius 1 is 1.19 bits per heavy atom. The van der Waals surface area contributed by atoms with Crippen LogP contribution in [0.5, 0.6) is 0 Å². The van der Waals surface area contributed by atoms with Crippen molar-refractivity contribution in [2.75, 3.05) is 6.61 Å². The van der Waals surface area contributed by atoms with Crippen molar-refractivity contribution in [2.45, 2.75) is 52.6 Å². The van der Waals surface area contributed by atoms with Gasteiger partial charge in [-0.1, -0.05) is 23.8 Å². The number of aromatic nitrogens is 3. The molecule has 0 bridgehead atoms. The van der Waals surface area contributed by atoms with Gasteiger partial charge in [0.25, 0.3) is 11.8 Å². The quantitative estimate of drug-likeness (QED) is 0.356. The Labute approximate surface area is 214 Å². The van der Waals surface area contributed by atoms with Crippen LogP contribution in [0.1, 0.15) is 66.6 Å². The fourth-order valence-corrected chi connectivity index (χ4v) is 4.29. The summed E-state index contributed by atoms with van der Waals surface area (Å²) in [5.74, 6) is -1.44. The van der Waals surface area contributed by atoms with Gasteiger partial charge >= 0.3 is 5.97 Å². The lowest BCUT2D eigenvalue weighted by Crippen LogP contribution is -2.38. The minimum absolute atomic E-state index is 0.0648. The molecule has 0 saturated carbocycles. The van der Waals surface area contributed by atoms with Crippen molar-refractivity contribution in [3.05, 3.63) is 77.0 Å². The van der Waals surface area contributed by atoms with E-state index in [2.05, 4.69) is 20.7 Å². The molecular weight excluding hydrogens is 477 g/mol. The van der Waals surface area contributed by atoms with Crippen LogP contribution in [0.15, 0.2) is 54.2 Å². The standard InChI is InChI=1S/C27H30FN5O4/c1-4-37-26(36)27(3)12-9-19(10-13-27)17(2)31-25(35)22-15-21(32-23-11-14-30-33(22)23)24(34)29-16-18-5-7-20(28)8-6-18/h5-9,11,14-15,17H,4,10,12-13,16H2,1-3H3,(H,29,34)(H,31,35). The molecule has 1 aromatic carbocycles. The Balaban J connectivity index is 1.47. The van der Waals surface area contributed by atoms with E-state index in [1.54, 1.807) is 25.1 Å². The molecule has 2 unspecified atom stereocenters. The number of ether oxygens (including phenoxy) is 1. The fourth-order valence-electron chi connectivity index (χ4n) is 4.29. The summed E-state index contributed by atoms with van der Waals surface area (Å²) in [4.78, 5) is 42.7. The second-order valence-corrected chi connectivity index (χ2v) is 9.40. The van der Waals surface area contributed by atoms with E-state index in [1.165, 1.54) is 28.9 Å². The molecular formula is C27H30FN5O4. The number of hydrogen-bond acceptors (Lipinski definition) is 6. The first-order valence-electron chi connectivity index (χ1n) is 12.2. The molecule has 0 spiro atoms. The van der Waals surface area contributed by atoms with E-state index in [-0.39, 0.29) is 35.8 Å². The number of carbonyl (C=O) groups is 3. The maximum Gasteiger partial charge on any atom is 0.312 e. The van der Waals surface area contributed by atoms with Crippen molar-refractivity contribution in [2.24, 2.45) is 5.41 Å². The average molecular weight is 508 g/mol. The SMILES string of the molecule is CCOC(=O)C1(C)CC=C(C(C)NC(=O)c2cc(C(=O)NCc3ccc(F)cc3)nc3ccnn23)CC1. The fraction of sp³-hybridized carbons (Fsp3) is 0.370. The molecule has 1 aliphatic rings. The van der Waals surface area contributed by atoms with Crippen LogP contribution in [0.2, 0.25) is 0 Å². The number of amides is 2. The molecule has 37 heavy (non-hydrogen) atoms. The minimum Gasteiger partial charge on any atom is -0.466 e. The smallest absolute Gasteiger partial charge is 0.312 e. The summed E-state index contributed by atoms with van der Waals surface area (Å²) < 4.78 is 19.7. The first kappa shape index (κ1) is 26.0. The molecule has 2 aromatic heterocycles. The van der Waals surface area contributed by atoms with Gasteiger partial charge in [0.05, 0.1) is 18.2 Å². The van der Waals surface area contributed by atoms with Crippen LogP contribution >= 0.6 is 0 Å². The predicted molar refractivity (Wildman–Crippen MR) is 134 cm³/mol. The second-order valence-electron chi connectivity index (χ2n) is 9.40. The summed E-state index contributed by atoms with van der Waals surface area (Å²) in [6.07, 6.45) is 5.33. The molecule has 2 N–H and O–H groups in total. The van der Waals surface area contributed by atoms with E-state index in [0.29, 0.717) is 31.5 Å². The van der Waals surface area contributed by atoms with Crippen LogP contribution in [-0.4, -0.2) is 45.0 Å². The summed E-state index contributed by atoms with van der Waals surface area (Å²) >= 11 is 0. The Morgan fingerprint density at radius 3 is 2.62 bits per heavy atom. The summed E-state index contributed by atoms with van der Waals surface area (Å²) in [6.45, 7) is 6.10. The third-order valence-electron chi connectivity index (χ3n) is 6.64. The van der Waals surface area contributed by atoms with Crippen molar-refractivity contribution >= 4 is 23.4 Å². The van der Waals surface area contributed by atoms with Gasteiger partial charge in [0.1, 0.15) is 17.2 Å². The third kappa shape index (κ3) is 5.84. The molecule has 3 aromatic rings. The van der Waals surface area contributed by atoms with E-state index in [0.717, 1.165) is 11.1 Å². The highest BCUT2D eigenvalue weighted by atomic mass is 19.1. The first-order chi connectivity index (χ1) is 17.7. The van der Waals surface area contributed by atoms with Gasteiger partial charge in [0.2, 0.25) is 0 Å². The number of carbonyl (C=O) groups excluding carboxylic acids is 3. The molecule has 9 nitrogen and oxygen atoms in total. The number of halogens is 1. The molecule has 4 rings (SSSR count). The molecule has 1 aliphatic carbocycles. The largest absolute Gasteiger partial charge is 0.466 e. The van der Waals surface area contributed by atoms with Crippen molar-refractivity contribution in [3.8, 4) is 0 Å². The highest BCUT2D eigenvalue weighted by molar-refractivity contribution is 5.98. The van der Waals surface area contributed by atoms with Crippen molar-refractivity contribution in [1.82, 2.24) is 25.2 Å². The van der Waals surface area contributed by atoms with Crippen LogP contribution in [0.25, 0.3) is 5.65 Å². The normalized spacial score (nSPS) is 18.1. The molecule has 0 aliphatic heterocycles. The van der Waals surface area contributed by atoms with E-state index < -0.39 is 17.2 Å². The molecule has 10 heteroatoms. The number of fused-ring (bicyclic) bond motifs is 1. The Hall–Kier alpha value is -4.08. The average Bonchev–Trinajstić information content (AvgIpc) is 3.37. The van der Waals surface area contributed by atoms with Crippen molar-refractivity contribution < 1.29 is 23.5 Å². The Bertz CT molecular complexity index is 1350. The van der Waals surface area contributed by atoms with Gasteiger partial charge in [-0.25, -0.2) is 13.9 Å². The van der Waals surface area contributed by atoms with Gasteiger partial charge in [-0.05, 0) is 57.7 Å². The van der Waals surface area contributed by atoms with Gasteiger partial charge in [0.15, 0.2) is 5.65 Å². The van der Waals surface area contributed by atoms with Gasteiger partial charge in [0, 0.05) is 24.7 Å². The third-order valence-corrected chi connectivity index (χ3v) is 6.64.